The first-order chi connectivity index (χ1) is 26.1. The Morgan fingerprint density at radius 3 is 2.32 bits per heavy atom. The molecule has 2 aliphatic rings. The van der Waals surface area contributed by atoms with Crippen molar-refractivity contribution in [3.05, 3.63) is 185 Å². The standard InChI is InChI=1S/C25H21N3.C21H19NS.C2H6/c1-18-15-22-21-12-6-8-14-24(21)28(17-26)25(22)16-27(19-9-3-2-4-10-19)23-13-7-5-11-20(18)23;22-19(15-7-2-1-3-8-15)14-13-16-9-6-11-18-17-10-4-5-12-20(17)23-21(16)18;1-2/h2-16H,1,17,26H2;1-2,4-7,9-12,14H,3,8,13,22H2;1-2H3/b22-15-,25-16+;19-14-;. The molecule has 0 unspecified atom stereocenters. The van der Waals surface area contributed by atoms with Gasteiger partial charge in [0.25, 0.3) is 0 Å². The molecular formula is C48H46N4S. The van der Waals surface area contributed by atoms with Crippen molar-refractivity contribution in [3.8, 4) is 0 Å². The van der Waals surface area contributed by atoms with E-state index in [1.165, 1.54) is 36.7 Å². The van der Waals surface area contributed by atoms with Crippen LogP contribution in [0.4, 0.5) is 11.4 Å². The minimum atomic E-state index is 0.414. The molecule has 9 rings (SSSR count). The normalized spacial score (nSPS) is 15.0. The van der Waals surface area contributed by atoms with Crippen LogP contribution in [0.3, 0.4) is 0 Å². The van der Waals surface area contributed by atoms with Gasteiger partial charge in [0, 0.05) is 53.9 Å². The maximum atomic E-state index is 6.28. The Morgan fingerprint density at radius 1 is 0.811 bits per heavy atom. The van der Waals surface area contributed by atoms with Crippen molar-refractivity contribution in [2.75, 3.05) is 4.90 Å². The number of para-hydroxylation sites is 3. The highest BCUT2D eigenvalue weighted by atomic mass is 32.1. The second kappa shape index (κ2) is 16.2. The third-order valence-corrected chi connectivity index (χ3v) is 11.0. The molecule has 0 atom stereocenters. The van der Waals surface area contributed by atoms with Crippen molar-refractivity contribution in [1.29, 1.82) is 0 Å². The van der Waals surface area contributed by atoms with Crippen LogP contribution in [-0.4, -0.2) is 4.57 Å². The van der Waals surface area contributed by atoms with Gasteiger partial charge in [-0.3, -0.25) is 0 Å². The molecule has 4 nitrogen and oxygen atoms in total. The van der Waals surface area contributed by atoms with Gasteiger partial charge in [-0.25, -0.2) is 0 Å². The first-order valence-electron chi connectivity index (χ1n) is 18.4. The molecule has 0 amide bonds. The molecule has 7 aromatic rings. The van der Waals surface area contributed by atoms with Crippen LogP contribution < -0.4 is 26.9 Å². The Labute approximate surface area is 316 Å². The summed E-state index contributed by atoms with van der Waals surface area (Å²) in [7, 11) is 0. The van der Waals surface area contributed by atoms with Crippen molar-refractivity contribution < 1.29 is 0 Å². The number of fused-ring (bicyclic) bond motifs is 7. The minimum Gasteiger partial charge on any atom is -0.399 e. The van der Waals surface area contributed by atoms with E-state index in [1.807, 2.05) is 31.3 Å². The zero-order valence-corrected chi connectivity index (χ0v) is 31.3. The van der Waals surface area contributed by atoms with Crippen LogP contribution in [0.5, 0.6) is 0 Å². The van der Waals surface area contributed by atoms with E-state index in [4.69, 9.17) is 11.5 Å². The molecule has 5 aromatic carbocycles. The number of aromatic nitrogens is 1. The van der Waals surface area contributed by atoms with Crippen LogP contribution in [0.15, 0.2) is 163 Å². The monoisotopic (exact) mass is 710 g/mol. The smallest absolute Gasteiger partial charge is 0.0707 e. The summed E-state index contributed by atoms with van der Waals surface area (Å²) in [6.07, 6.45) is 16.0. The average molecular weight is 711 g/mol. The van der Waals surface area contributed by atoms with Crippen LogP contribution >= 0.6 is 11.3 Å². The molecule has 53 heavy (non-hydrogen) atoms. The lowest BCUT2D eigenvalue weighted by Crippen LogP contribution is -2.35. The molecule has 2 aromatic heterocycles. The number of benzene rings is 5. The second-order valence-corrected chi connectivity index (χ2v) is 13.9. The van der Waals surface area contributed by atoms with Crippen LogP contribution in [0.2, 0.25) is 0 Å². The highest BCUT2D eigenvalue weighted by Crippen LogP contribution is 2.36. The molecule has 5 heteroatoms. The molecule has 1 aliphatic carbocycles. The van der Waals surface area contributed by atoms with Gasteiger partial charge in [-0.05, 0) is 72.4 Å². The molecule has 3 heterocycles. The Morgan fingerprint density at radius 2 is 1.53 bits per heavy atom. The molecule has 0 bridgehead atoms. The minimum absolute atomic E-state index is 0.414. The number of anilines is 2. The maximum absolute atomic E-state index is 6.28. The van der Waals surface area contributed by atoms with Crippen molar-refractivity contribution in [1.82, 2.24) is 4.57 Å². The fourth-order valence-corrected chi connectivity index (χ4v) is 8.42. The lowest BCUT2D eigenvalue weighted by atomic mass is 10.0. The van der Waals surface area contributed by atoms with E-state index in [2.05, 4.69) is 168 Å². The first-order valence-corrected chi connectivity index (χ1v) is 19.3. The largest absolute Gasteiger partial charge is 0.399 e. The predicted octanol–water partition coefficient (Wildman–Crippen LogP) is 10.7. The highest BCUT2D eigenvalue weighted by molar-refractivity contribution is 7.26. The number of allylic oxidation sites excluding steroid dienone is 6. The number of hydrogen-bond donors (Lipinski definition) is 2. The van der Waals surface area contributed by atoms with Gasteiger partial charge in [0.2, 0.25) is 0 Å². The molecular weight excluding hydrogens is 665 g/mol. The molecule has 4 N–H and O–H groups in total. The average Bonchev–Trinajstić information content (AvgIpc) is 3.75. The van der Waals surface area contributed by atoms with Crippen LogP contribution in [-0.2, 0) is 13.1 Å². The van der Waals surface area contributed by atoms with Crippen LogP contribution in [0.1, 0.15) is 37.8 Å². The van der Waals surface area contributed by atoms with E-state index >= 15 is 0 Å². The van der Waals surface area contributed by atoms with E-state index in [9.17, 15) is 0 Å². The summed E-state index contributed by atoms with van der Waals surface area (Å²) in [6, 6.07) is 42.4. The zero-order chi connectivity index (χ0) is 36.7. The summed E-state index contributed by atoms with van der Waals surface area (Å²) < 4.78 is 4.90. The number of nitrogens with zero attached hydrogens (tertiary/aromatic N) is 2. The number of nitrogens with two attached hydrogens (primary N) is 2. The highest BCUT2D eigenvalue weighted by Gasteiger charge is 2.17. The summed E-state index contributed by atoms with van der Waals surface area (Å²) in [4.78, 5) is 2.23. The fraction of sp³-hybridized carbons (Fsp3) is 0.125. The Balaban J connectivity index is 0.000000160. The van der Waals surface area contributed by atoms with Gasteiger partial charge in [-0.2, -0.15) is 0 Å². The zero-order valence-electron chi connectivity index (χ0n) is 30.5. The molecule has 0 saturated heterocycles. The quantitative estimate of drug-likeness (QED) is 0.187. The molecule has 0 fully saturated rings. The number of rotatable bonds is 5. The van der Waals surface area contributed by atoms with Crippen LogP contribution in [0, 0.1) is 0 Å². The lowest BCUT2D eigenvalue weighted by molar-refractivity contribution is 0.739. The number of hydrogen-bond acceptors (Lipinski definition) is 4. The van der Waals surface area contributed by atoms with Gasteiger partial charge in [0.1, 0.15) is 0 Å². The fourth-order valence-electron chi connectivity index (χ4n) is 7.20. The third-order valence-electron chi connectivity index (χ3n) is 9.76. The summed E-state index contributed by atoms with van der Waals surface area (Å²) in [5.74, 6) is 0. The summed E-state index contributed by atoms with van der Waals surface area (Å²) in [5, 5.41) is 6.14. The van der Waals surface area contributed by atoms with E-state index in [-0.39, 0.29) is 0 Å². The van der Waals surface area contributed by atoms with E-state index < -0.39 is 0 Å². The topological polar surface area (TPSA) is 60.2 Å². The van der Waals surface area contributed by atoms with Gasteiger partial charge >= 0.3 is 0 Å². The van der Waals surface area contributed by atoms with Gasteiger partial charge in [-0.1, -0.05) is 136 Å². The third kappa shape index (κ3) is 7.14. The van der Waals surface area contributed by atoms with E-state index in [0.717, 1.165) is 63.6 Å². The lowest BCUT2D eigenvalue weighted by Gasteiger charge is -2.25. The van der Waals surface area contributed by atoms with Crippen molar-refractivity contribution in [2.45, 2.75) is 39.8 Å². The molecule has 1 aliphatic heterocycles. The van der Waals surface area contributed by atoms with Crippen LogP contribution in [0.25, 0.3) is 48.9 Å². The van der Waals surface area contributed by atoms with Gasteiger partial charge < -0.3 is 20.9 Å². The molecule has 0 spiro atoms. The Kier molecular flexibility index (Phi) is 10.9. The van der Waals surface area contributed by atoms with Crippen molar-refractivity contribution >= 4 is 71.6 Å². The summed E-state index contributed by atoms with van der Waals surface area (Å²) in [5.41, 5.74) is 21.5. The van der Waals surface area contributed by atoms with Gasteiger partial charge in [0.05, 0.1) is 23.2 Å². The van der Waals surface area contributed by atoms with E-state index in [1.54, 1.807) is 0 Å². The maximum Gasteiger partial charge on any atom is 0.0707 e. The number of thiophene rings is 1. The van der Waals surface area contributed by atoms with Gasteiger partial charge in [-0.15, -0.1) is 11.3 Å². The van der Waals surface area contributed by atoms with E-state index in [0.29, 0.717) is 6.67 Å². The van der Waals surface area contributed by atoms with Crippen molar-refractivity contribution in [2.24, 2.45) is 11.5 Å². The summed E-state index contributed by atoms with van der Waals surface area (Å²) >= 11 is 1.88. The van der Waals surface area contributed by atoms with Crippen molar-refractivity contribution in [3.63, 3.8) is 0 Å². The predicted molar refractivity (Wildman–Crippen MR) is 231 cm³/mol. The second-order valence-electron chi connectivity index (χ2n) is 12.9. The Hall–Kier alpha value is -5.88. The molecule has 0 radical (unpaired) electrons. The van der Waals surface area contributed by atoms with Gasteiger partial charge in [0.15, 0.2) is 0 Å². The SMILES string of the molecule is C=C1/C=c2\c(n(CN)c3ccccc23)=C/N(c2ccccc2)c2ccccc21.CC.N/C(=C\Cc1cccc2c1sc1ccccc12)C1=CC=CCC1. The molecule has 264 valence electrons. The first kappa shape index (κ1) is 35.5. The Bertz CT molecular complexity index is 2640. The molecule has 0 saturated carbocycles. The summed E-state index contributed by atoms with van der Waals surface area (Å²) in [6.45, 7) is 8.80.